The van der Waals surface area contributed by atoms with Gasteiger partial charge in [0.05, 0.1) is 13.2 Å². The first kappa shape index (κ1) is 23.8. The second-order valence-electron chi connectivity index (χ2n) is 7.28. The molecule has 8 nitrogen and oxygen atoms in total. The highest BCUT2D eigenvalue weighted by Crippen LogP contribution is 2.35. The van der Waals surface area contributed by atoms with Crippen LogP contribution < -0.4 is 16.0 Å². The lowest BCUT2D eigenvalue weighted by molar-refractivity contribution is -0.140. The molecule has 1 saturated heterocycles. The first-order valence-corrected chi connectivity index (χ1v) is 9.89. The summed E-state index contributed by atoms with van der Waals surface area (Å²) < 4.78 is 56.8. The van der Waals surface area contributed by atoms with E-state index < -0.39 is 28.9 Å². The maximum atomic E-state index is 13.4. The van der Waals surface area contributed by atoms with Gasteiger partial charge in [-0.15, -0.1) is 0 Å². The number of aromatic nitrogens is 1. The molecular weight excluding hydrogens is 431 g/mol. The van der Waals surface area contributed by atoms with Crippen LogP contribution in [0.15, 0.2) is 35.1 Å². The minimum absolute atomic E-state index is 0.142. The third kappa shape index (κ3) is 5.87. The van der Waals surface area contributed by atoms with E-state index in [4.69, 9.17) is 19.9 Å². The second kappa shape index (κ2) is 10.2. The number of carbonyl (C=O) groups is 1. The average Bonchev–Trinajstić information content (AvgIpc) is 2.76. The number of hydrogen-bond acceptors (Lipinski definition) is 6. The van der Waals surface area contributed by atoms with Crippen LogP contribution in [0.1, 0.15) is 16.1 Å². The van der Waals surface area contributed by atoms with Gasteiger partial charge in [0.1, 0.15) is 29.7 Å². The molecule has 1 atom stereocenters. The van der Waals surface area contributed by atoms with E-state index in [1.807, 2.05) is 0 Å². The number of H-pyrrole nitrogens is 1. The number of carbonyl (C=O) groups excluding carboxylic acids is 1. The van der Waals surface area contributed by atoms with Crippen LogP contribution in [0.4, 0.5) is 13.2 Å². The Bertz CT molecular complexity index is 992. The number of ether oxygens (including phenoxy) is 3. The lowest BCUT2D eigenvalue weighted by atomic mass is 10.0. The van der Waals surface area contributed by atoms with Gasteiger partial charge in [-0.3, -0.25) is 14.5 Å². The van der Waals surface area contributed by atoms with Crippen molar-refractivity contribution in [2.24, 2.45) is 5.73 Å². The molecule has 1 aromatic carbocycles. The zero-order valence-corrected chi connectivity index (χ0v) is 17.4. The molecule has 1 aliphatic rings. The normalized spacial score (nSPS) is 17.3. The van der Waals surface area contributed by atoms with Gasteiger partial charge in [-0.2, -0.15) is 13.2 Å². The van der Waals surface area contributed by atoms with Crippen molar-refractivity contribution in [3.8, 4) is 16.9 Å². The Morgan fingerprint density at radius 3 is 2.66 bits per heavy atom. The van der Waals surface area contributed by atoms with Crippen molar-refractivity contribution in [2.75, 3.05) is 46.6 Å². The molecule has 32 heavy (non-hydrogen) atoms. The van der Waals surface area contributed by atoms with E-state index in [-0.39, 0.29) is 23.8 Å². The SMILES string of the molecule is COCCN1CCOC(COc2ccc(-c3cc(C(N)=O)c(=O)[nH]c3C(F)(F)F)cc2)C1. The minimum Gasteiger partial charge on any atom is -0.491 e. The van der Waals surface area contributed by atoms with E-state index in [9.17, 15) is 22.8 Å². The molecule has 1 amide bonds. The summed E-state index contributed by atoms with van der Waals surface area (Å²) in [6, 6.07) is 6.70. The topological polar surface area (TPSA) is 107 Å². The second-order valence-corrected chi connectivity index (χ2v) is 7.28. The zero-order valence-electron chi connectivity index (χ0n) is 17.4. The number of primary amides is 1. The van der Waals surface area contributed by atoms with Gasteiger partial charge in [-0.05, 0) is 23.8 Å². The summed E-state index contributed by atoms with van der Waals surface area (Å²) in [4.78, 5) is 27.1. The van der Waals surface area contributed by atoms with Gasteiger partial charge in [-0.25, -0.2) is 0 Å². The number of aromatic amines is 1. The van der Waals surface area contributed by atoms with E-state index in [0.29, 0.717) is 25.5 Å². The number of morpholine rings is 1. The molecule has 174 valence electrons. The Morgan fingerprint density at radius 2 is 2.03 bits per heavy atom. The predicted octanol–water partition coefficient (Wildman–Crippen LogP) is 1.89. The Balaban J connectivity index is 1.74. The summed E-state index contributed by atoms with van der Waals surface area (Å²) in [5.74, 6) is -0.673. The molecule has 2 aromatic rings. The molecule has 0 spiro atoms. The summed E-state index contributed by atoms with van der Waals surface area (Å²) in [6.07, 6.45) is -4.97. The lowest BCUT2D eigenvalue weighted by Crippen LogP contribution is -2.46. The number of rotatable bonds is 8. The molecule has 0 saturated carbocycles. The Hall–Kier alpha value is -2.89. The van der Waals surface area contributed by atoms with Crippen molar-refractivity contribution in [3.05, 3.63) is 51.9 Å². The van der Waals surface area contributed by atoms with Crippen LogP contribution in [0, 0.1) is 0 Å². The predicted molar refractivity (Wildman–Crippen MR) is 110 cm³/mol. The van der Waals surface area contributed by atoms with Crippen LogP contribution >= 0.6 is 0 Å². The Labute approximate surface area is 182 Å². The van der Waals surface area contributed by atoms with Crippen molar-refractivity contribution in [2.45, 2.75) is 12.3 Å². The van der Waals surface area contributed by atoms with E-state index >= 15 is 0 Å². The summed E-state index contributed by atoms with van der Waals surface area (Å²) in [6.45, 7) is 3.76. The maximum Gasteiger partial charge on any atom is 0.431 e. The van der Waals surface area contributed by atoms with Crippen LogP contribution in [0.5, 0.6) is 5.75 Å². The Kier molecular flexibility index (Phi) is 7.54. The van der Waals surface area contributed by atoms with Gasteiger partial charge < -0.3 is 24.9 Å². The summed E-state index contributed by atoms with van der Waals surface area (Å²) in [5.41, 5.74) is 1.89. The number of pyridine rings is 1. The van der Waals surface area contributed by atoms with Crippen LogP contribution in [0.25, 0.3) is 11.1 Å². The fourth-order valence-electron chi connectivity index (χ4n) is 3.39. The van der Waals surface area contributed by atoms with Gasteiger partial charge in [0, 0.05) is 32.3 Å². The molecule has 11 heteroatoms. The molecule has 3 N–H and O–H groups in total. The third-order valence-corrected chi connectivity index (χ3v) is 5.03. The van der Waals surface area contributed by atoms with Gasteiger partial charge in [0.25, 0.3) is 11.5 Å². The summed E-state index contributed by atoms with van der Waals surface area (Å²) in [7, 11) is 1.64. The molecule has 1 aliphatic heterocycles. The molecule has 1 aromatic heterocycles. The van der Waals surface area contributed by atoms with Gasteiger partial charge in [0.15, 0.2) is 0 Å². The van der Waals surface area contributed by atoms with Crippen molar-refractivity contribution in [1.82, 2.24) is 9.88 Å². The van der Waals surface area contributed by atoms with Gasteiger partial charge in [-0.1, -0.05) is 12.1 Å². The fraction of sp³-hybridized carbons (Fsp3) is 0.429. The van der Waals surface area contributed by atoms with Crippen molar-refractivity contribution in [3.63, 3.8) is 0 Å². The van der Waals surface area contributed by atoms with Crippen molar-refractivity contribution < 1.29 is 32.2 Å². The number of halogens is 3. The Morgan fingerprint density at radius 1 is 1.31 bits per heavy atom. The number of alkyl halides is 3. The van der Waals surface area contributed by atoms with Crippen molar-refractivity contribution >= 4 is 5.91 Å². The van der Waals surface area contributed by atoms with Crippen LogP contribution in [0.2, 0.25) is 0 Å². The summed E-state index contributed by atoms with van der Waals surface area (Å²) in [5, 5.41) is 0. The highest BCUT2D eigenvalue weighted by atomic mass is 19.4. The number of methoxy groups -OCH3 is 1. The number of nitrogens with zero attached hydrogens (tertiary/aromatic N) is 1. The molecule has 0 bridgehead atoms. The van der Waals surface area contributed by atoms with Crippen LogP contribution in [0.3, 0.4) is 0 Å². The smallest absolute Gasteiger partial charge is 0.431 e. The monoisotopic (exact) mass is 455 g/mol. The fourth-order valence-corrected chi connectivity index (χ4v) is 3.39. The number of nitrogens with two attached hydrogens (primary N) is 1. The standard InChI is InChI=1S/C21H24F3N3O5/c1-30-8-6-27-7-9-31-15(11-27)12-32-14-4-2-13(3-5-14)16-10-17(19(25)28)20(29)26-18(16)21(22,23)24/h2-5,10,15H,6-9,11-12H2,1H3,(H2,25,28)(H,26,29). The molecule has 1 unspecified atom stereocenters. The van der Waals surface area contributed by atoms with Crippen LogP contribution in [-0.4, -0.2) is 68.5 Å². The number of hydrogen-bond donors (Lipinski definition) is 2. The molecule has 3 rings (SSSR count). The molecule has 0 radical (unpaired) electrons. The molecular formula is C21H24F3N3O5. The van der Waals surface area contributed by atoms with E-state index in [1.165, 1.54) is 24.3 Å². The van der Waals surface area contributed by atoms with E-state index in [1.54, 1.807) is 12.1 Å². The third-order valence-electron chi connectivity index (χ3n) is 5.03. The quantitative estimate of drug-likeness (QED) is 0.630. The highest BCUT2D eigenvalue weighted by molar-refractivity contribution is 5.94. The number of nitrogens with one attached hydrogen (secondary N) is 1. The number of benzene rings is 1. The molecule has 2 heterocycles. The van der Waals surface area contributed by atoms with E-state index in [0.717, 1.165) is 19.2 Å². The minimum atomic E-state index is -4.83. The highest BCUT2D eigenvalue weighted by Gasteiger charge is 2.36. The summed E-state index contributed by atoms with van der Waals surface area (Å²) >= 11 is 0. The largest absolute Gasteiger partial charge is 0.491 e. The maximum absolute atomic E-state index is 13.4. The molecule has 0 aliphatic carbocycles. The van der Waals surface area contributed by atoms with Crippen LogP contribution in [-0.2, 0) is 15.7 Å². The van der Waals surface area contributed by atoms with E-state index in [2.05, 4.69) is 4.90 Å². The van der Waals surface area contributed by atoms with Gasteiger partial charge in [0.2, 0.25) is 0 Å². The average molecular weight is 455 g/mol. The van der Waals surface area contributed by atoms with Crippen molar-refractivity contribution in [1.29, 1.82) is 0 Å². The van der Waals surface area contributed by atoms with Gasteiger partial charge >= 0.3 is 6.18 Å². The first-order chi connectivity index (χ1) is 15.2. The first-order valence-electron chi connectivity index (χ1n) is 9.89. The number of amides is 1. The zero-order chi connectivity index (χ0) is 23.3. The lowest BCUT2D eigenvalue weighted by Gasteiger charge is -2.32. The molecule has 1 fully saturated rings.